The van der Waals surface area contributed by atoms with Crippen LogP contribution in [0.4, 0.5) is 0 Å². The fourth-order valence-corrected chi connectivity index (χ4v) is 3.27. The van der Waals surface area contributed by atoms with E-state index in [0.29, 0.717) is 18.6 Å². The lowest BCUT2D eigenvalue weighted by Gasteiger charge is -2.46. The van der Waals surface area contributed by atoms with Crippen LogP contribution in [0, 0.1) is 5.41 Å². The van der Waals surface area contributed by atoms with Gasteiger partial charge in [-0.3, -0.25) is 4.79 Å². The largest absolute Gasteiger partial charge is 0.371 e. The molecule has 0 unspecified atom stereocenters. The van der Waals surface area contributed by atoms with Crippen molar-refractivity contribution in [3.8, 4) is 0 Å². The third-order valence-electron chi connectivity index (χ3n) is 4.99. The first kappa shape index (κ1) is 12.4. The van der Waals surface area contributed by atoms with E-state index in [9.17, 15) is 4.79 Å². The van der Waals surface area contributed by atoms with E-state index >= 15 is 0 Å². The van der Waals surface area contributed by atoms with E-state index in [1.54, 1.807) is 0 Å². The number of nitrogens with two attached hydrogens (primary N) is 1. The van der Waals surface area contributed by atoms with Gasteiger partial charge in [-0.2, -0.15) is 0 Å². The molecule has 3 fully saturated rings. The number of rotatable bonds is 1. The van der Waals surface area contributed by atoms with Crippen molar-refractivity contribution in [3.05, 3.63) is 0 Å². The number of carbonyl (C=O) groups is 1. The predicted octanol–water partition coefficient (Wildman–Crippen LogP) is 1.29. The Balaban J connectivity index is 1.66. The van der Waals surface area contributed by atoms with Crippen LogP contribution in [0.2, 0.25) is 0 Å². The number of amides is 1. The van der Waals surface area contributed by atoms with Gasteiger partial charge in [0, 0.05) is 24.5 Å². The normalized spacial score (nSPS) is 38.8. The summed E-state index contributed by atoms with van der Waals surface area (Å²) in [5.74, 6) is 0.347. The van der Waals surface area contributed by atoms with Gasteiger partial charge in [0.15, 0.2) is 0 Å². The summed E-state index contributed by atoms with van der Waals surface area (Å²) in [5.41, 5.74) is 5.82. The van der Waals surface area contributed by atoms with Gasteiger partial charge in [-0.05, 0) is 38.5 Å². The highest BCUT2D eigenvalue weighted by molar-refractivity contribution is 5.85. The fraction of sp³-hybridized carbons (Fsp3) is 0.929. The summed E-state index contributed by atoms with van der Waals surface area (Å²) >= 11 is 0. The minimum atomic E-state index is -0.0883. The Morgan fingerprint density at radius 2 is 1.94 bits per heavy atom. The van der Waals surface area contributed by atoms with Gasteiger partial charge < -0.3 is 15.4 Å². The molecule has 2 N–H and O–H groups in total. The Morgan fingerprint density at radius 1 is 1.28 bits per heavy atom. The van der Waals surface area contributed by atoms with Gasteiger partial charge in [0.25, 0.3) is 0 Å². The van der Waals surface area contributed by atoms with E-state index in [1.165, 1.54) is 0 Å². The molecule has 1 saturated heterocycles. The highest BCUT2D eigenvalue weighted by atomic mass is 16.5. The summed E-state index contributed by atoms with van der Waals surface area (Å²) in [6, 6.07) is 0.325. The second-order valence-corrected chi connectivity index (χ2v) is 6.66. The average molecular weight is 252 g/mol. The van der Waals surface area contributed by atoms with Gasteiger partial charge in [-0.1, -0.05) is 6.92 Å². The molecule has 0 radical (unpaired) electrons. The van der Waals surface area contributed by atoms with Crippen molar-refractivity contribution in [2.45, 2.75) is 57.1 Å². The highest BCUT2D eigenvalue weighted by Crippen LogP contribution is 2.47. The van der Waals surface area contributed by atoms with E-state index in [2.05, 4.69) is 6.92 Å². The number of nitrogens with zero attached hydrogens (tertiary/aromatic N) is 1. The standard InChI is InChI=1S/C14H24N2O2/c1-13(6-7-13)12(17)16-8-9-18-14(10-16)4-2-11(15)3-5-14/h11H,2-10,15H2,1H3. The average Bonchev–Trinajstić information content (AvgIpc) is 3.12. The van der Waals surface area contributed by atoms with Gasteiger partial charge >= 0.3 is 0 Å². The molecule has 0 aromatic heterocycles. The Labute approximate surface area is 109 Å². The third kappa shape index (κ3) is 2.16. The number of morpholine rings is 1. The van der Waals surface area contributed by atoms with Crippen molar-refractivity contribution in [2.24, 2.45) is 11.1 Å². The minimum absolute atomic E-state index is 0.0520. The van der Waals surface area contributed by atoms with Crippen LogP contribution >= 0.6 is 0 Å². The summed E-state index contributed by atoms with van der Waals surface area (Å²) in [4.78, 5) is 14.5. The monoisotopic (exact) mass is 252 g/mol. The Kier molecular flexibility index (Phi) is 2.90. The summed E-state index contributed by atoms with van der Waals surface area (Å²) in [7, 11) is 0. The number of hydrogen-bond acceptors (Lipinski definition) is 3. The zero-order chi connectivity index (χ0) is 12.8. The SMILES string of the molecule is CC1(C(=O)N2CCOC3(CCC(N)CC3)C2)CC1. The maximum Gasteiger partial charge on any atom is 0.228 e. The smallest absolute Gasteiger partial charge is 0.228 e. The third-order valence-corrected chi connectivity index (χ3v) is 4.99. The van der Waals surface area contributed by atoms with Gasteiger partial charge in [0.05, 0.1) is 12.2 Å². The van der Waals surface area contributed by atoms with Crippen molar-refractivity contribution < 1.29 is 9.53 Å². The van der Waals surface area contributed by atoms with E-state index in [0.717, 1.165) is 51.6 Å². The topological polar surface area (TPSA) is 55.6 Å². The molecule has 4 nitrogen and oxygen atoms in total. The van der Waals surface area contributed by atoms with Crippen molar-refractivity contribution in [3.63, 3.8) is 0 Å². The Morgan fingerprint density at radius 3 is 2.56 bits per heavy atom. The number of carbonyl (C=O) groups excluding carboxylic acids is 1. The first-order valence-corrected chi connectivity index (χ1v) is 7.22. The van der Waals surface area contributed by atoms with Crippen LogP contribution in [0.5, 0.6) is 0 Å². The highest BCUT2D eigenvalue weighted by Gasteiger charge is 2.50. The zero-order valence-corrected chi connectivity index (χ0v) is 11.3. The van der Waals surface area contributed by atoms with E-state index in [1.807, 2.05) is 4.90 Å². The van der Waals surface area contributed by atoms with Gasteiger partial charge in [-0.15, -0.1) is 0 Å². The van der Waals surface area contributed by atoms with Crippen LogP contribution in [0.15, 0.2) is 0 Å². The molecule has 0 aromatic carbocycles. The van der Waals surface area contributed by atoms with Crippen LogP contribution < -0.4 is 5.73 Å². The first-order valence-electron chi connectivity index (χ1n) is 7.22. The molecule has 1 amide bonds. The molecule has 4 heteroatoms. The maximum atomic E-state index is 12.4. The Hall–Kier alpha value is -0.610. The molecular formula is C14H24N2O2. The van der Waals surface area contributed by atoms with E-state index < -0.39 is 0 Å². The fourth-order valence-electron chi connectivity index (χ4n) is 3.27. The first-order chi connectivity index (χ1) is 8.53. The molecule has 18 heavy (non-hydrogen) atoms. The molecule has 1 aliphatic heterocycles. The van der Waals surface area contributed by atoms with E-state index in [4.69, 9.17) is 10.5 Å². The summed E-state index contributed by atoms with van der Waals surface area (Å²) in [6.45, 7) is 4.34. The molecule has 2 aliphatic carbocycles. The van der Waals surface area contributed by atoms with Crippen molar-refractivity contribution >= 4 is 5.91 Å². The molecule has 2 saturated carbocycles. The van der Waals surface area contributed by atoms with Gasteiger partial charge in [0.2, 0.25) is 5.91 Å². The Bertz CT molecular complexity index is 344. The molecule has 3 rings (SSSR count). The molecule has 102 valence electrons. The molecule has 1 heterocycles. The van der Waals surface area contributed by atoms with Gasteiger partial charge in [0.1, 0.15) is 0 Å². The van der Waals surface area contributed by atoms with Crippen molar-refractivity contribution in [1.29, 1.82) is 0 Å². The summed E-state index contributed by atoms with van der Waals surface area (Å²) < 4.78 is 6.02. The molecule has 3 aliphatic rings. The number of ether oxygens (including phenoxy) is 1. The maximum absolute atomic E-state index is 12.4. The second-order valence-electron chi connectivity index (χ2n) is 6.66. The predicted molar refractivity (Wildman–Crippen MR) is 69.0 cm³/mol. The van der Waals surface area contributed by atoms with Crippen LogP contribution in [-0.4, -0.2) is 42.1 Å². The number of hydrogen-bond donors (Lipinski definition) is 1. The molecular weight excluding hydrogens is 228 g/mol. The lowest BCUT2D eigenvalue weighted by molar-refractivity contribution is -0.161. The molecule has 0 aromatic rings. The second kappa shape index (κ2) is 4.20. The zero-order valence-electron chi connectivity index (χ0n) is 11.3. The van der Waals surface area contributed by atoms with Gasteiger partial charge in [-0.25, -0.2) is 0 Å². The van der Waals surface area contributed by atoms with Crippen LogP contribution in [-0.2, 0) is 9.53 Å². The quantitative estimate of drug-likeness (QED) is 0.765. The van der Waals surface area contributed by atoms with Crippen molar-refractivity contribution in [2.75, 3.05) is 19.7 Å². The molecule has 1 spiro atoms. The summed E-state index contributed by atoms with van der Waals surface area (Å²) in [6.07, 6.45) is 6.18. The summed E-state index contributed by atoms with van der Waals surface area (Å²) in [5, 5.41) is 0. The van der Waals surface area contributed by atoms with Crippen LogP contribution in [0.3, 0.4) is 0 Å². The van der Waals surface area contributed by atoms with E-state index in [-0.39, 0.29) is 11.0 Å². The van der Waals surface area contributed by atoms with Crippen LogP contribution in [0.1, 0.15) is 45.4 Å². The van der Waals surface area contributed by atoms with Crippen LogP contribution in [0.25, 0.3) is 0 Å². The molecule has 0 bridgehead atoms. The molecule has 0 atom stereocenters. The van der Waals surface area contributed by atoms with Crippen molar-refractivity contribution in [1.82, 2.24) is 4.90 Å². The lowest BCUT2D eigenvalue weighted by Crippen LogP contribution is -2.57. The minimum Gasteiger partial charge on any atom is -0.371 e. The lowest BCUT2D eigenvalue weighted by atomic mass is 9.81.